The van der Waals surface area contributed by atoms with E-state index in [2.05, 4.69) is 28.4 Å². The molecule has 1 atom stereocenters. The highest BCUT2D eigenvalue weighted by Gasteiger charge is 2.25. The highest BCUT2D eigenvalue weighted by molar-refractivity contribution is 5.88. The van der Waals surface area contributed by atoms with E-state index in [1.54, 1.807) is 19.2 Å². The lowest BCUT2D eigenvalue weighted by Crippen LogP contribution is -2.49. The molecule has 0 saturated carbocycles. The summed E-state index contributed by atoms with van der Waals surface area (Å²) in [5.74, 6) is 0.767. The number of carbonyl (C=O) groups excluding carboxylic acids is 1. The third-order valence-electron chi connectivity index (χ3n) is 6.81. The van der Waals surface area contributed by atoms with E-state index in [0.717, 1.165) is 64.4 Å². The van der Waals surface area contributed by atoms with Crippen molar-refractivity contribution in [3.05, 3.63) is 72.3 Å². The molecule has 0 aliphatic carbocycles. The van der Waals surface area contributed by atoms with Gasteiger partial charge in [-0.15, -0.1) is 0 Å². The molecule has 5 rings (SSSR count). The SMILES string of the molecule is COc1ccc(-c2nc3ccc(N4CCC[C@H](NC(=O)OC(C)(C)C)C4)cc3nc2-c2ccc(C#N)cc2)cc1. The molecular weight excluding hydrogens is 502 g/mol. The Bertz CT molecular complexity index is 1550. The van der Waals surface area contributed by atoms with Gasteiger partial charge in [-0.2, -0.15) is 5.26 Å². The Hall–Kier alpha value is -4.64. The smallest absolute Gasteiger partial charge is 0.407 e. The molecule has 0 unspecified atom stereocenters. The van der Waals surface area contributed by atoms with Crippen molar-refractivity contribution in [1.82, 2.24) is 15.3 Å². The number of nitriles is 1. The summed E-state index contributed by atoms with van der Waals surface area (Å²) in [6.07, 6.45) is 1.47. The van der Waals surface area contributed by atoms with Crippen molar-refractivity contribution in [3.63, 3.8) is 0 Å². The molecule has 2 heterocycles. The van der Waals surface area contributed by atoms with Crippen molar-refractivity contribution in [2.75, 3.05) is 25.1 Å². The van der Waals surface area contributed by atoms with Gasteiger partial charge >= 0.3 is 6.09 Å². The van der Waals surface area contributed by atoms with Crippen LogP contribution in [0.15, 0.2) is 66.7 Å². The zero-order valence-electron chi connectivity index (χ0n) is 23.3. The molecule has 1 aromatic heterocycles. The molecule has 1 N–H and O–H groups in total. The van der Waals surface area contributed by atoms with E-state index in [9.17, 15) is 10.1 Å². The Balaban J connectivity index is 1.48. The zero-order valence-corrected chi connectivity index (χ0v) is 23.3. The van der Waals surface area contributed by atoms with Gasteiger partial charge in [0, 0.05) is 35.9 Å². The van der Waals surface area contributed by atoms with Crippen LogP contribution in [-0.4, -0.2) is 47.9 Å². The number of anilines is 1. The third-order valence-corrected chi connectivity index (χ3v) is 6.81. The molecule has 0 radical (unpaired) electrons. The monoisotopic (exact) mass is 535 g/mol. The maximum absolute atomic E-state index is 12.3. The van der Waals surface area contributed by atoms with E-state index in [4.69, 9.17) is 19.4 Å². The molecule has 4 aromatic rings. The van der Waals surface area contributed by atoms with Crippen molar-refractivity contribution in [3.8, 4) is 34.3 Å². The molecule has 0 bridgehead atoms. The van der Waals surface area contributed by atoms with Crippen LogP contribution in [0.4, 0.5) is 10.5 Å². The fourth-order valence-corrected chi connectivity index (χ4v) is 4.90. The number of piperidine rings is 1. The van der Waals surface area contributed by atoms with Crippen LogP contribution in [-0.2, 0) is 4.74 Å². The summed E-state index contributed by atoms with van der Waals surface area (Å²) in [6, 6.07) is 23.5. The van der Waals surface area contributed by atoms with Gasteiger partial charge in [-0.1, -0.05) is 12.1 Å². The number of ether oxygens (including phenoxy) is 2. The van der Waals surface area contributed by atoms with Crippen molar-refractivity contribution >= 4 is 22.8 Å². The van der Waals surface area contributed by atoms with Crippen LogP contribution in [0.5, 0.6) is 5.75 Å². The van der Waals surface area contributed by atoms with Gasteiger partial charge in [0.05, 0.1) is 41.2 Å². The van der Waals surface area contributed by atoms with Crippen molar-refractivity contribution in [1.29, 1.82) is 5.26 Å². The molecule has 3 aromatic carbocycles. The number of hydrogen-bond donors (Lipinski definition) is 1. The first-order valence-electron chi connectivity index (χ1n) is 13.4. The molecule has 204 valence electrons. The van der Waals surface area contributed by atoms with Gasteiger partial charge in [-0.25, -0.2) is 14.8 Å². The number of hydrogen-bond acceptors (Lipinski definition) is 7. The maximum Gasteiger partial charge on any atom is 0.407 e. The molecule has 0 spiro atoms. The van der Waals surface area contributed by atoms with Gasteiger partial charge in [0.2, 0.25) is 0 Å². The van der Waals surface area contributed by atoms with Crippen LogP contribution in [0.2, 0.25) is 0 Å². The molecule has 1 saturated heterocycles. The lowest BCUT2D eigenvalue weighted by Gasteiger charge is -2.35. The number of amides is 1. The normalized spacial score (nSPS) is 15.4. The number of carbonyl (C=O) groups is 1. The van der Waals surface area contributed by atoms with E-state index >= 15 is 0 Å². The van der Waals surface area contributed by atoms with Gasteiger partial charge in [0.25, 0.3) is 0 Å². The number of rotatable bonds is 5. The van der Waals surface area contributed by atoms with Crippen LogP contribution in [0.25, 0.3) is 33.5 Å². The number of benzene rings is 3. The maximum atomic E-state index is 12.3. The van der Waals surface area contributed by atoms with E-state index in [1.165, 1.54) is 0 Å². The number of nitrogens with zero attached hydrogens (tertiary/aromatic N) is 4. The fraction of sp³-hybridized carbons (Fsp3) is 0.312. The Morgan fingerprint density at radius 1 is 0.975 bits per heavy atom. The summed E-state index contributed by atoms with van der Waals surface area (Å²) in [6.45, 7) is 7.16. The molecule has 8 nitrogen and oxygen atoms in total. The Morgan fingerprint density at radius 2 is 1.62 bits per heavy atom. The zero-order chi connectivity index (χ0) is 28.3. The number of aromatic nitrogens is 2. The van der Waals surface area contributed by atoms with Gasteiger partial charge < -0.3 is 19.7 Å². The summed E-state index contributed by atoms with van der Waals surface area (Å²) in [5, 5.41) is 12.3. The first-order valence-corrected chi connectivity index (χ1v) is 13.4. The molecule has 1 aliphatic heterocycles. The largest absolute Gasteiger partial charge is 0.497 e. The fourth-order valence-electron chi connectivity index (χ4n) is 4.90. The van der Waals surface area contributed by atoms with Gasteiger partial charge in [0.15, 0.2) is 0 Å². The van der Waals surface area contributed by atoms with Crippen molar-refractivity contribution in [2.24, 2.45) is 0 Å². The van der Waals surface area contributed by atoms with E-state index in [1.807, 2.05) is 63.2 Å². The van der Waals surface area contributed by atoms with E-state index < -0.39 is 5.60 Å². The number of methoxy groups -OCH3 is 1. The second-order valence-corrected chi connectivity index (χ2v) is 10.9. The van der Waals surface area contributed by atoms with E-state index in [0.29, 0.717) is 12.1 Å². The van der Waals surface area contributed by atoms with Crippen LogP contribution < -0.4 is 15.0 Å². The summed E-state index contributed by atoms with van der Waals surface area (Å²) in [7, 11) is 1.64. The highest BCUT2D eigenvalue weighted by atomic mass is 16.6. The second kappa shape index (κ2) is 11.2. The topological polar surface area (TPSA) is 100 Å². The number of alkyl carbamates (subject to hydrolysis) is 1. The molecular formula is C32H33N5O3. The van der Waals surface area contributed by atoms with Crippen LogP contribution in [0.1, 0.15) is 39.2 Å². The average Bonchev–Trinajstić information content (AvgIpc) is 2.95. The Labute approximate surface area is 234 Å². The lowest BCUT2D eigenvalue weighted by molar-refractivity contribution is 0.0500. The minimum absolute atomic E-state index is 0.00274. The molecule has 1 fully saturated rings. The van der Waals surface area contributed by atoms with Gasteiger partial charge in [0.1, 0.15) is 11.4 Å². The Kier molecular flexibility index (Phi) is 7.56. The Morgan fingerprint density at radius 3 is 2.25 bits per heavy atom. The molecule has 1 aliphatic rings. The summed E-state index contributed by atoms with van der Waals surface area (Å²) >= 11 is 0. The molecule has 8 heteroatoms. The second-order valence-electron chi connectivity index (χ2n) is 10.9. The van der Waals surface area contributed by atoms with Gasteiger partial charge in [-0.05, 0) is 88.2 Å². The van der Waals surface area contributed by atoms with Crippen molar-refractivity contribution < 1.29 is 14.3 Å². The minimum atomic E-state index is -0.535. The first kappa shape index (κ1) is 26.9. The van der Waals surface area contributed by atoms with Crippen LogP contribution in [0, 0.1) is 11.3 Å². The summed E-state index contributed by atoms with van der Waals surface area (Å²) < 4.78 is 10.8. The average molecular weight is 536 g/mol. The predicted molar refractivity (Wildman–Crippen MR) is 156 cm³/mol. The van der Waals surface area contributed by atoms with Crippen LogP contribution in [0.3, 0.4) is 0 Å². The van der Waals surface area contributed by atoms with E-state index in [-0.39, 0.29) is 12.1 Å². The van der Waals surface area contributed by atoms with Crippen molar-refractivity contribution in [2.45, 2.75) is 45.3 Å². The standard InChI is InChI=1S/C32H33N5O3/c1-32(2,3)40-31(38)34-24-6-5-17-37(20-24)25-13-16-27-28(18-25)36-30(22-9-7-21(19-33)8-10-22)29(35-27)23-11-14-26(39-4)15-12-23/h7-16,18,24H,5-6,17,20H2,1-4H3,(H,34,38)/t24-/m0/s1. The minimum Gasteiger partial charge on any atom is -0.497 e. The van der Waals surface area contributed by atoms with Gasteiger partial charge in [-0.3, -0.25) is 0 Å². The quantitative estimate of drug-likeness (QED) is 0.318. The summed E-state index contributed by atoms with van der Waals surface area (Å²) in [4.78, 5) is 24.7. The first-order chi connectivity index (χ1) is 19.2. The lowest BCUT2D eigenvalue weighted by atomic mass is 10.0. The number of fused-ring (bicyclic) bond motifs is 1. The molecule has 40 heavy (non-hydrogen) atoms. The highest BCUT2D eigenvalue weighted by Crippen LogP contribution is 2.33. The van der Waals surface area contributed by atoms with Crippen LogP contribution >= 0.6 is 0 Å². The predicted octanol–water partition coefficient (Wildman–Crippen LogP) is 6.34. The summed E-state index contributed by atoms with van der Waals surface area (Å²) in [5.41, 5.74) is 5.94. The third kappa shape index (κ3) is 6.15. The molecule has 1 amide bonds. The number of nitrogens with one attached hydrogen (secondary N) is 1.